The number of nitrogens with one attached hydrogen (secondary N) is 1. The summed E-state index contributed by atoms with van der Waals surface area (Å²) in [5, 5.41) is 2.95. The van der Waals surface area contributed by atoms with Crippen LogP contribution in [0.15, 0.2) is 46.7 Å². The van der Waals surface area contributed by atoms with Crippen LogP contribution in [0.4, 0.5) is 0 Å². The summed E-state index contributed by atoms with van der Waals surface area (Å²) in [4.78, 5) is 6.90. The van der Waals surface area contributed by atoms with Crippen LogP contribution in [0, 0.1) is 6.92 Å². The number of hydrogen-bond donors (Lipinski definition) is 1. The largest absolute Gasteiger partial charge is 0.240 e. The van der Waals surface area contributed by atoms with E-state index in [-0.39, 0.29) is 6.54 Å². The number of sulfonamides is 1. The van der Waals surface area contributed by atoms with Crippen molar-refractivity contribution in [1.29, 1.82) is 0 Å². The molecule has 132 valence electrons. The lowest BCUT2D eigenvalue weighted by Crippen LogP contribution is -2.23. The SMILES string of the molecule is CCCc1ccc(S(=O)(=O)NCc2sc(-c3cccs3)nc2C)cc1. The van der Waals surface area contributed by atoms with E-state index in [4.69, 9.17) is 0 Å². The lowest BCUT2D eigenvalue weighted by atomic mass is 10.1. The third kappa shape index (κ3) is 4.36. The number of thiophene rings is 1. The number of rotatable bonds is 7. The van der Waals surface area contributed by atoms with Gasteiger partial charge in [-0.3, -0.25) is 0 Å². The molecule has 0 spiro atoms. The molecule has 7 heteroatoms. The quantitative estimate of drug-likeness (QED) is 0.639. The van der Waals surface area contributed by atoms with Crippen LogP contribution < -0.4 is 4.72 Å². The Morgan fingerprint density at radius 2 is 1.92 bits per heavy atom. The maximum Gasteiger partial charge on any atom is 0.240 e. The van der Waals surface area contributed by atoms with Gasteiger partial charge in [0.1, 0.15) is 5.01 Å². The highest BCUT2D eigenvalue weighted by atomic mass is 32.2. The van der Waals surface area contributed by atoms with E-state index >= 15 is 0 Å². The van der Waals surface area contributed by atoms with E-state index in [0.717, 1.165) is 38.9 Å². The summed E-state index contributed by atoms with van der Waals surface area (Å²) in [6.07, 6.45) is 2.00. The summed E-state index contributed by atoms with van der Waals surface area (Å²) in [6.45, 7) is 4.28. The van der Waals surface area contributed by atoms with Gasteiger partial charge < -0.3 is 0 Å². The lowest BCUT2D eigenvalue weighted by molar-refractivity contribution is 0.581. The average molecular weight is 393 g/mol. The number of aryl methyl sites for hydroxylation is 2. The minimum atomic E-state index is -3.52. The van der Waals surface area contributed by atoms with E-state index in [1.807, 2.05) is 36.6 Å². The zero-order valence-corrected chi connectivity index (χ0v) is 16.6. The third-order valence-corrected chi connectivity index (χ3v) is 7.43. The van der Waals surface area contributed by atoms with E-state index in [9.17, 15) is 8.42 Å². The first-order valence-corrected chi connectivity index (χ1v) is 11.3. The molecule has 3 rings (SSSR count). The zero-order valence-electron chi connectivity index (χ0n) is 14.2. The Balaban J connectivity index is 1.72. The predicted octanol–water partition coefficient (Wildman–Crippen LogP) is 4.61. The number of aromatic nitrogens is 1. The summed E-state index contributed by atoms with van der Waals surface area (Å²) in [7, 11) is -3.52. The third-order valence-electron chi connectivity index (χ3n) is 3.82. The molecule has 1 N–H and O–H groups in total. The molecule has 2 aromatic heterocycles. The molecule has 0 bridgehead atoms. The molecule has 0 aliphatic heterocycles. The average Bonchev–Trinajstić information content (AvgIpc) is 3.23. The normalized spacial score (nSPS) is 11.8. The van der Waals surface area contributed by atoms with Crippen molar-refractivity contribution in [1.82, 2.24) is 9.71 Å². The van der Waals surface area contributed by atoms with Crippen molar-refractivity contribution < 1.29 is 8.42 Å². The van der Waals surface area contributed by atoms with E-state index in [2.05, 4.69) is 16.6 Å². The molecule has 0 unspecified atom stereocenters. The number of benzene rings is 1. The van der Waals surface area contributed by atoms with Crippen LogP contribution in [0.3, 0.4) is 0 Å². The molecule has 0 radical (unpaired) electrons. The van der Waals surface area contributed by atoms with Gasteiger partial charge in [-0.2, -0.15) is 0 Å². The van der Waals surface area contributed by atoms with Gasteiger partial charge in [-0.1, -0.05) is 31.5 Å². The molecule has 4 nitrogen and oxygen atoms in total. The van der Waals surface area contributed by atoms with Gasteiger partial charge in [-0.25, -0.2) is 18.1 Å². The fourth-order valence-corrected chi connectivity index (χ4v) is 5.35. The summed E-state index contributed by atoms with van der Waals surface area (Å²) < 4.78 is 27.7. The second-order valence-electron chi connectivity index (χ2n) is 5.72. The fraction of sp³-hybridized carbons (Fsp3) is 0.278. The molecule has 0 saturated heterocycles. The van der Waals surface area contributed by atoms with Gasteiger partial charge in [0.15, 0.2) is 0 Å². The van der Waals surface area contributed by atoms with Gasteiger partial charge in [0.25, 0.3) is 0 Å². The maximum atomic E-state index is 12.5. The van der Waals surface area contributed by atoms with Crippen molar-refractivity contribution in [3.05, 3.63) is 57.9 Å². The molecule has 0 fully saturated rings. The molecule has 0 aliphatic rings. The second-order valence-corrected chi connectivity index (χ2v) is 9.52. The molecule has 25 heavy (non-hydrogen) atoms. The Morgan fingerprint density at radius 1 is 1.16 bits per heavy atom. The van der Waals surface area contributed by atoms with E-state index in [1.54, 1.807) is 23.5 Å². The highest BCUT2D eigenvalue weighted by Crippen LogP contribution is 2.31. The summed E-state index contributed by atoms with van der Waals surface area (Å²) >= 11 is 3.17. The Morgan fingerprint density at radius 3 is 2.56 bits per heavy atom. The van der Waals surface area contributed by atoms with Gasteiger partial charge in [0, 0.05) is 11.4 Å². The van der Waals surface area contributed by atoms with Crippen LogP contribution in [0.2, 0.25) is 0 Å². The summed E-state index contributed by atoms with van der Waals surface area (Å²) in [6, 6.07) is 11.1. The standard InChI is InChI=1S/C18H20N2O2S3/c1-3-5-14-7-9-15(10-8-14)25(21,22)19-12-17-13(2)20-18(24-17)16-6-4-11-23-16/h4,6-11,19H,3,5,12H2,1-2H3. The van der Waals surface area contributed by atoms with Gasteiger partial charge in [-0.05, 0) is 42.5 Å². The zero-order chi connectivity index (χ0) is 17.9. The Bertz CT molecular complexity index is 927. The summed E-state index contributed by atoms with van der Waals surface area (Å²) in [5.41, 5.74) is 2.02. The predicted molar refractivity (Wildman–Crippen MR) is 105 cm³/mol. The molecule has 1 aromatic carbocycles. The van der Waals surface area contributed by atoms with Crippen LogP contribution >= 0.6 is 22.7 Å². The number of nitrogens with zero attached hydrogens (tertiary/aromatic N) is 1. The Labute approximate surface area is 156 Å². The van der Waals surface area contributed by atoms with Crippen molar-refractivity contribution in [2.45, 2.75) is 38.1 Å². The monoisotopic (exact) mass is 392 g/mol. The van der Waals surface area contributed by atoms with Gasteiger partial charge in [0.05, 0.1) is 15.5 Å². The van der Waals surface area contributed by atoms with Crippen molar-refractivity contribution >= 4 is 32.7 Å². The van der Waals surface area contributed by atoms with E-state index in [0.29, 0.717) is 4.90 Å². The highest BCUT2D eigenvalue weighted by Gasteiger charge is 2.16. The number of thiazole rings is 1. The Kier molecular flexibility index (Phi) is 5.68. The first-order chi connectivity index (χ1) is 12.0. The Hall–Kier alpha value is -1.54. The van der Waals surface area contributed by atoms with Crippen LogP contribution in [-0.4, -0.2) is 13.4 Å². The molecule has 0 saturated carbocycles. The van der Waals surface area contributed by atoms with Crippen LogP contribution in [0.25, 0.3) is 9.88 Å². The van der Waals surface area contributed by atoms with Crippen molar-refractivity contribution in [3.63, 3.8) is 0 Å². The molecule has 0 atom stereocenters. The lowest BCUT2D eigenvalue weighted by Gasteiger charge is -2.07. The maximum absolute atomic E-state index is 12.5. The van der Waals surface area contributed by atoms with Crippen LogP contribution in [0.1, 0.15) is 29.5 Å². The van der Waals surface area contributed by atoms with Gasteiger partial charge in [0.2, 0.25) is 10.0 Å². The smallest absolute Gasteiger partial charge is 0.240 e. The summed E-state index contributed by atoms with van der Waals surface area (Å²) in [5.74, 6) is 0. The highest BCUT2D eigenvalue weighted by molar-refractivity contribution is 7.89. The topological polar surface area (TPSA) is 59.1 Å². The molecular formula is C18H20N2O2S3. The van der Waals surface area contributed by atoms with E-state index < -0.39 is 10.0 Å². The van der Waals surface area contributed by atoms with Crippen LogP contribution in [-0.2, 0) is 23.0 Å². The number of hydrogen-bond acceptors (Lipinski definition) is 5. The van der Waals surface area contributed by atoms with Gasteiger partial charge >= 0.3 is 0 Å². The van der Waals surface area contributed by atoms with E-state index in [1.165, 1.54) is 11.3 Å². The fourth-order valence-electron chi connectivity index (χ4n) is 2.47. The molecule has 2 heterocycles. The van der Waals surface area contributed by atoms with Crippen molar-refractivity contribution in [3.8, 4) is 9.88 Å². The molecular weight excluding hydrogens is 372 g/mol. The van der Waals surface area contributed by atoms with Crippen LogP contribution in [0.5, 0.6) is 0 Å². The minimum Gasteiger partial charge on any atom is -0.240 e. The first-order valence-electron chi connectivity index (χ1n) is 8.08. The molecule has 0 amide bonds. The van der Waals surface area contributed by atoms with Crippen molar-refractivity contribution in [2.24, 2.45) is 0 Å². The molecule has 3 aromatic rings. The second kappa shape index (κ2) is 7.78. The van der Waals surface area contributed by atoms with Gasteiger partial charge in [-0.15, -0.1) is 22.7 Å². The minimum absolute atomic E-state index is 0.258. The van der Waals surface area contributed by atoms with Crippen molar-refractivity contribution in [2.75, 3.05) is 0 Å². The first kappa shape index (κ1) is 18.3. The molecule has 0 aliphatic carbocycles.